The first-order valence-electron chi connectivity index (χ1n) is 11.7. The van der Waals surface area contributed by atoms with Crippen molar-refractivity contribution in [3.8, 4) is 0 Å². The van der Waals surface area contributed by atoms with E-state index in [2.05, 4.69) is 46.3 Å². The van der Waals surface area contributed by atoms with Gasteiger partial charge in [0.2, 0.25) is 0 Å². The molecule has 1 unspecified atom stereocenters. The second-order valence-corrected chi connectivity index (χ2v) is 10.5. The summed E-state index contributed by atoms with van der Waals surface area (Å²) in [7, 11) is 0. The topological polar surface area (TPSA) is 36.4 Å². The van der Waals surface area contributed by atoms with Crippen LogP contribution in [0.15, 0.2) is 67.0 Å². The van der Waals surface area contributed by atoms with Gasteiger partial charge in [0.15, 0.2) is 0 Å². The Bertz CT molecular complexity index is 1150. The summed E-state index contributed by atoms with van der Waals surface area (Å²) in [5.41, 5.74) is 5.99. The molecule has 2 bridgehead atoms. The zero-order valence-electron chi connectivity index (χ0n) is 18.5. The highest BCUT2D eigenvalue weighted by Crippen LogP contribution is 2.60. The van der Waals surface area contributed by atoms with E-state index >= 15 is 0 Å². The number of aliphatic hydroxyl groups is 1. The monoisotopic (exact) mass is 444 g/mol. The van der Waals surface area contributed by atoms with Crippen LogP contribution in [0.1, 0.15) is 59.9 Å². The number of hydrogen-bond acceptors (Lipinski definition) is 3. The number of pyridine rings is 1. The van der Waals surface area contributed by atoms with Crippen LogP contribution in [0.4, 0.5) is 0 Å². The molecule has 164 valence electrons. The zero-order chi connectivity index (χ0) is 21.9. The predicted octanol–water partition coefficient (Wildman–Crippen LogP) is 5.49. The fourth-order valence-corrected chi connectivity index (χ4v) is 6.92. The molecule has 4 heteroatoms. The molecule has 0 radical (unpaired) electrons. The summed E-state index contributed by atoms with van der Waals surface area (Å²) in [6.07, 6.45) is 6.70. The van der Waals surface area contributed by atoms with Crippen molar-refractivity contribution in [1.29, 1.82) is 0 Å². The molecule has 0 spiro atoms. The molecule has 3 atom stereocenters. The van der Waals surface area contributed by atoms with Crippen LogP contribution >= 0.6 is 11.6 Å². The van der Waals surface area contributed by atoms with Gasteiger partial charge >= 0.3 is 0 Å². The van der Waals surface area contributed by atoms with Gasteiger partial charge in [-0.3, -0.25) is 4.98 Å². The fourth-order valence-electron chi connectivity index (χ4n) is 6.75. The van der Waals surface area contributed by atoms with Gasteiger partial charge in [0, 0.05) is 40.9 Å². The average Bonchev–Trinajstić information content (AvgIpc) is 3.31. The van der Waals surface area contributed by atoms with E-state index in [4.69, 9.17) is 11.6 Å². The Balaban J connectivity index is 1.26. The number of rotatable bonds is 4. The highest BCUT2D eigenvalue weighted by molar-refractivity contribution is 6.30. The third-order valence-corrected chi connectivity index (χ3v) is 8.67. The van der Waals surface area contributed by atoms with Gasteiger partial charge in [0.25, 0.3) is 0 Å². The number of fused-ring (bicyclic) bond motifs is 8. The molecule has 3 aromatic rings. The largest absolute Gasteiger partial charge is 0.385 e. The van der Waals surface area contributed by atoms with Crippen LogP contribution in [0.2, 0.25) is 5.02 Å². The lowest BCUT2D eigenvalue weighted by molar-refractivity contribution is -0.0347. The second kappa shape index (κ2) is 7.41. The summed E-state index contributed by atoms with van der Waals surface area (Å²) < 4.78 is 0. The first kappa shape index (κ1) is 20.4. The third-order valence-electron chi connectivity index (χ3n) is 8.43. The van der Waals surface area contributed by atoms with Crippen LogP contribution in [-0.4, -0.2) is 34.6 Å². The summed E-state index contributed by atoms with van der Waals surface area (Å²) in [6.45, 7) is 4.99. The minimum atomic E-state index is -0.836. The van der Waals surface area contributed by atoms with E-state index in [0.717, 1.165) is 49.5 Å². The van der Waals surface area contributed by atoms with Crippen LogP contribution in [-0.2, 0) is 11.0 Å². The van der Waals surface area contributed by atoms with Crippen molar-refractivity contribution in [2.45, 2.75) is 43.1 Å². The maximum absolute atomic E-state index is 11.3. The number of hydrogen-bond donors (Lipinski definition) is 1. The van der Waals surface area contributed by atoms with Crippen molar-refractivity contribution < 1.29 is 5.11 Å². The Morgan fingerprint density at radius 1 is 1.06 bits per heavy atom. The lowest BCUT2D eigenvalue weighted by atomic mass is 9.73. The molecule has 3 aliphatic rings. The summed E-state index contributed by atoms with van der Waals surface area (Å²) in [6, 6.07) is 19.4. The summed E-state index contributed by atoms with van der Waals surface area (Å²) in [4.78, 5) is 6.84. The lowest BCUT2D eigenvalue weighted by Gasteiger charge is -2.43. The molecule has 2 aromatic carbocycles. The van der Waals surface area contributed by atoms with Crippen molar-refractivity contribution in [1.82, 2.24) is 9.88 Å². The second-order valence-electron chi connectivity index (χ2n) is 10.1. The maximum atomic E-state index is 11.3. The molecular weight excluding hydrogens is 416 g/mol. The van der Waals surface area contributed by atoms with Crippen molar-refractivity contribution in [3.05, 3.63) is 99.8 Å². The van der Waals surface area contributed by atoms with Crippen molar-refractivity contribution in [2.75, 3.05) is 19.6 Å². The number of likely N-dealkylation sites (tertiary alicyclic amines) is 1. The van der Waals surface area contributed by atoms with E-state index in [-0.39, 0.29) is 11.3 Å². The van der Waals surface area contributed by atoms with E-state index in [1.165, 1.54) is 22.3 Å². The molecule has 1 N–H and O–H groups in total. The van der Waals surface area contributed by atoms with Gasteiger partial charge in [-0.1, -0.05) is 48.0 Å². The van der Waals surface area contributed by atoms with Crippen molar-refractivity contribution in [2.24, 2.45) is 5.92 Å². The van der Waals surface area contributed by atoms with Crippen LogP contribution in [0.3, 0.4) is 0 Å². The van der Waals surface area contributed by atoms with E-state index in [0.29, 0.717) is 5.92 Å². The Morgan fingerprint density at radius 3 is 2.62 bits per heavy atom. The smallest absolute Gasteiger partial charge is 0.0912 e. The third kappa shape index (κ3) is 2.98. The first-order valence-corrected chi connectivity index (χ1v) is 12.1. The number of benzene rings is 2. The SMILES string of the molecule is CC(O)(c1cccnc1)C1CCN(C[C@@]23C[C@H](c4ccccc42)c2ccc(Cl)cc23)CC1. The minimum Gasteiger partial charge on any atom is -0.385 e. The zero-order valence-corrected chi connectivity index (χ0v) is 19.2. The van der Waals surface area contributed by atoms with Gasteiger partial charge in [0.05, 0.1) is 5.60 Å². The number of nitrogens with zero attached hydrogens (tertiary/aromatic N) is 2. The van der Waals surface area contributed by atoms with E-state index in [1.807, 2.05) is 25.1 Å². The Hall–Kier alpha value is -2.20. The molecule has 32 heavy (non-hydrogen) atoms. The van der Waals surface area contributed by atoms with Gasteiger partial charge in [0.1, 0.15) is 0 Å². The van der Waals surface area contributed by atoms with E-state index in [9.17, 15) is 5.11 Å². The van der Waals surface area contributed by atoms with Gasteiger partial charge < -0.3 is 10.0 Å². The normalized spacial score (nSPS) is 26.5. The molecule has 1 saturated heterocycles. The summed E-state index contributed by atoms with van der Waals surface area (Å²) in [5.74, 6) is 0.733. The van der Waals surface area contributed by atoms with Crippen molar-refractivity contribution in [3.63, 3.8) is 0 Å². The van der Waals surface area contributed by atoms with Crippen LogP contribution in [0.25, 0.3) is 0 Å². The lowest BCUT2D eigenvalue weighted by Crippen LogP contribution is -2.46. The minimum absolute atomic E-state index is 0.0280. The Kier molecular flexibility index (Phi) is 4.73. The number of halogens is 1. The molecule has 3 nitrogen and oxygen atoms in total. The molecule has 1 aliphatic heterocycles. The van der Waals surface area contributed by atoms with Crippen LogP contribution in [0, 0.1) is 5.92 Å². The highest BCUT2D eigenvalue weighted by atomic mass is 35.5. The fraction of sp³-hybridized carbons (Fsp3) is 0.393. The standard InChI is InChI=1S/C28H29ClN2O/c1-27(32,20-5-4-12-30-17-20)19-10-13-31(14-11-19)18-28-16-24(22-6-2-3-7-25(22)28)23-9-8-21(29)15-26(23)28/h2-9,12,15,17,19,24,32H,10-11,13-14,16,18H2,1H3/t24-,27?,28+/m1/s1. The maximum Gasteiger partial charge on any atom is 0.0912 e. The first-order chi connectivity index (χ1) is 15.5. The van der Waals surface area contributed by atoms with Gasteiger partial charge in [-0.15, -0.1) is 0 Å². The van der Waals surface area contributed by atoms with E-state index < -0.39 is 5.60 Å². The average molecular weight is 445 g/mol. The van der Waals surface area contributed by atoms with Gasteiger partial charge in [-0.25, -0.2) is 0 Å². The Labute approximate surface area is 195 Å². The summed E-state index contributed by atoms with van der Waals surface area (Å²) >= 11 is 6.47. The summed E-state index contributed by atoms with van der Waals surface area (Å²) in [5, 5.41) is 12.1. The Morgan fingerprint density at radius 2 is 1.84 bits per heavy atom. The molecule has 1 fully saturated rings. The van der Waals surface area contributed by atoms with Gasteiger partial charge in [-0.2, -0.15) is 0 Å². The van der Waals surface area contributed by atoms with Crippen molar-refractivity contribution >= 4 is 11.6 Å². The molecule has 6 rings (SSSR count). The van der Waals surface area contributed by atoms with Crippen LogP contribution in [0.5, 0.6) is 0 Å². The molecule has 0 saturated carbocycles. The van der Waals surface area contributed by atoms with Gasteiger partial charge in [-0.05, 0) is 85.6 Å². The molecular formula is C28H29ClN2O. The number of aromatic nitrogens is 1. The van der Waals surface area contributed by atoms with E-state index in [1.54, 1.807) is 12.4 Å². The molecule has 2 heterocycles. The number of piperidine rings is 1. The van der Waals surface area contributed by atoms with Crippen LogP contribution < -0.4 is 0 Å². The molecule has 1 aromatic heterocycles. The molecule has 0 amide bonds. The quantitative estimate of drug-likeness (QED) is 0.578. The predicted molar refractivity (Wildman–Crippen MR) is 128 cm³/mol. The highest BCUT2D eigenvalue weighted by Gasteiger charge is 2.53. The molecule has 2 aliphatic carbocycles.